The zero-order valence-corrected chi connectivity index (χ0v) is 12.9. The van der Waals surface area contributed by atoms with Crippen molar-refractivity contribution in [1.29, 1.82) is 0 Å². The molecule has 1 saturated carbocycles. The number of benzene rings is 1. The Hall–Kier alpha value is -1.22. The molecule has 3 nitrogen and oxygen atoms in total. The standard InChI is InChI=1S/C17H27NO2/c1-4-13-5-7-15(11-13)18-10-9-14-6-8-16(19-2)17(12-14)20-3/h6,8,12-13,15,18H,4-5,7,9-11H2,1-3H3. The second kappa shape index (κ2) is 7.53. The number of methoxy groups -OCH3 is 2. The van der Waals surface area contributed by atoms with Gasteiger partial charge in [0.25, 0.3) is 0 Å². The van der Waals surface area contributed by atoms with Crippen LogP contribution >= 0.6 is 0 Å². The highest BCUT2D eigenvalue weighted by atomic mass is 16.5. The van der Waals surface area contributed by atoms with Gasteiger partial charge in [0.05, 0.1) is 14.2 Å². The summed E-state index contributed by atoms with van der Waals surface area (Å²) in [6.45, 7) is 3.34. The van der Waals surface area contributed by atoms with Crippen LogP contribution < -0.4 is 14.8 Å². The Kier molecular flexibility index (Phi) is 5.72. The van der Waals surface area contributed by atoms with Crippen LogP contribution in [0.1, 0.15) is 38.2 Å². The molecule has 1 aromatic rings. The van der Waals surface area contributed by atoms with Crippen molar-refractivity contribution in [3.63, 3.8) is 0 Å². The van der Waals surface area contributed by atoms with E-state index >= 15 is 0 Å². The number of hydrogen-bond donors (Lipinski definition) is 1. The van der Waals surface area contributed by atoms with Crippen molar-refractivity contribution in [2.45, 2.75) is 45.1 Å². The fraction of sp³-hybridized carbons (Fsp3) is 0.647. The van der Waals surface area contributed by atoms with E-state index in [0.717, 1.165) is 36.4 Å². The van der Waals surface area contributed by atoms with Crippen LogP contribution in [-0.4, -0.2) is 26.8 Å². The normalized spacial score (nSPS) is 21.9. The summed E-state index contributed by atoms with van der Waals surface area (Å²) >= 11 is 0. The van der Waals surface area contributed by atoms with Crippen molar-refractivity contribution in [2.75, 3.05) is 20.8 Å². The van der Waals surface area contributed by atoms with Crippen LogP contribution in [-0.2, 0) is 6.42 Å². The van der Waals surface area contributed by atoms with Gasteiger partial charge in [-0.1, -0.05) is 19.4 Å². The van der Waals surface area contributed by atoms with E-state index in [9.17, 15) is 0 Å². The highest BCUT2D eigenvalue weighted by molar-refractivity contribution is 5.42. The lowest BCUT2D eigenvalue weighted by atomic mass is 10.1. The molecule has 0 amide bonds. The minimum atomic E-state index is 0.722. The van der Waals surface area contributed by atoms with E-state index in [1.54, 1.807) is 14.2 Å². The van der Waals surface area contributed by atoms with E-state index in [-0.39, 0.29) is 0 Å². The first-order valence-electron chi connectivity index (χ1n) is 7.71. The molecule has 112 valence electrons. The highest BCUT2D eigenvalue weighted by Crippen LogP contribution is 2.29. The van der Waals surface area contributed by atoms with Crippen molar-refractivity contribution in [3.8, 4) is 11.5 Å². The number of hydrogen-bond acceptors (Lipinski definition) is 3. The molecule has 0 saturated heterocycles. The molecular formula is C17H27NO2. The second-order valence-corrected chi connectivity index (χ2v) is 5.68. The summed E-state index contributed by atoms with van der Waals surface area (Å²) in [5.74, 6) is 2.55. The van der Waals surface area contributed by atoms with Gasteiger partial charge in [0.1, 0.15) is 0 Å². The molecule has 1 aliphatic carbocycles. The zero-order chi connectivity index (χ0) is 14.4. The van der Waals surface area contributed by atoms with Crippen LogP contribution in [0, 0.1) is 5.92 Å². The maximum absolute atomic E-state index is 5.34. The van der Waals surface area contributed by atoms with E-state index in [0.29, 0.717) is 0 Å². The molecule has 0 heterocycles. The van der Waals surface area contributed by atoms with E-state index in [2.05, 4.69) is 24.4 Å². The Morgan fingerprint density at radius 2 is 1.95 bits per heavy atom. The monoisotopic (exact) mass is 277 g/mol. The van der Waals surface area contributed by atoms with E-state index in [1.165, 1.54) is 31.2 Å². The molecule has 1 fully saturated rings. The second-order valence-electron chi connectivity index (χ2n) is 5.68. The van der Waals surface area contributed by atoms with Gasteiger partial charge in [0.15, 0.2) is 11.5 Å². The van der Waals surface area contributed by atoms with Gasteiger partial charge in [-0.3, -0.25) is 0 Å². The number of ether oxygens (including phenoxy) is 2. The Labute approximate surface area is 122 Å². The molecule has 1 aliphatic rings. The summed E-state index contributed by atoms with van der Waals surface area (Å²) in [5.41, 5.74) is 1.29. The molecular weight excluding hydrogens is 250 g/mol. The molecule has 1 N–H and O–H groups in total. The van der Waals surface area contributed by atoms with Crippen molar-refractivity contribution in [3.05, 3.63) is 23.8 Å². The fourth-order valence-corrected chi connectivity index (χ4v) is 3.09. The highest BCUT2D eigenvalue weighted by Gasteiger charge is 2.22. The first-order valence-corrected chi connectivity index (χ1v) is 7.71. The van der Waals surface area contributed by atoms with Crippen LogP contribution in [0.3, 0.4) is 0 Å². The molecule has 2 unspecified atom stereocenters. The third-order valence-corrected chi connectivity index (χ3v) is 4.41. The van der Waals surface area contributed by atoms with Crippen LogP contribution in [0.25, 0.3) is 0 Å². The average molecular weight is 277 g/mol. The summed E-state index contributed by atoms with van der Waals surface area (Å²) in [4.78, 5) is 0. The Balaban J connectivity index is 1.79. The summed E-state index contributed by atoms with van der Waals surface area (Å²) in [6.07, 6.45) is 6.44. The van der Waals surface area contributed by atoms with Gasteiger partial charge in [0, 0.05) is 6.04 Å². The van der Waals surface area contributed by atoms with E-state index < -0.39 is 0 Å². The summed E-state index contributed by atoms with van der Waals surface area (Å²) in [7, 11) is 3.35. The number of nitrogens with one attached hydrogen (secondary N) is 1. The van der Waals surface area contributed by atoms with Gasteiger partial charge >= 0.3 is 0 Å². The maximum Gasteiger partial charge on any atom is 0.160 e. The van der Waals surface area contributed by atoms with Gasteiger partial charge in [0.2, 0.25) is 0 Å². The molecule has 2 atom stereocenters. The van der Waals surface area contributed by atoms with Crippen molar-refractivity contribution in [1.82, 2.24) is 5.32 Å². The molecule has 2 rings (SSSR count). The average Bonchev–Trinajstić information content (AvgIpc) is 2.95. The van der Waals surface area contributed by atoms with Gasteiger partial charge in [-0.05, 0) is 55.8 Å². The minimum Gasteiger partial charge on any atom is -0.493 e. The predicted octanol–water partition coefficient (Wildman–Crippen LogP) is 3.41. The predicted molar refractivity (Wildman–Crippen MR) is 82.7 cm³/mol. The Bertz CT molecular complexity index is 419. The minimum absolute atomic E-state index is 0.722. The van der Waals surface area contributed by atoms with Crippen LogP contribution in [0.5, 0.6) is 11.5 Å². The van der Waals surface area contributed by atoms with Gasteiger partial charge in [-0.2, -0.15) is 0 Å². The lowest BCUT2D eigenvalue weighted by Crippen LogP contribution is -2.28. The fourth-order valence-electron chi connectivity index (χ4n) is 3.09. The molecule has 20 heavy (non-hydrogen) atoms. The van der Waals surface area contributed by atoms with Crippen molar-refractivity contribution >= 4 is 0 Å². The molecule has 3 heteroatoms. The molecule has 0 aliphatic heterocycles. The van der Waals surface area contributed by atoms with Gasteiger partial charge in [-0.15, -0.1) is 0 Å². The lowest BCUT2D eigenvalue weighted by Gasteiger charge is -2.13. The Morgan fingerprint density at radius 3 is 2.60 bits per heavy atom. The molecule has 0 spiro atoms. The van der Waals surface area contributed by atoms with Crippen LogP contribution in [0.15, 0.2) is 18.2 Å². The van der Waals surface area contributed by atoms with Crippen LogP contribution in [0.2, 0.25) is 0 Å². The zero-order valence-electron chi connectivity index (χ0n) is 12.9. The summed E-state index contributed by atoms with van der Waals surface area (Å²) in [6, 6.07) is 6.90. The van der Waals surface area contributed by atoms with Crippen molar-refractivity contribution < 1.29 is 9.47 Å². The Morgan fingerprint density at radius 1 is 1.15 bits per heavy atom. The van der Waals surface area contributed by atoms with Gasteiger partial charge < -0.3 is 14.8 Å². The van der Waals surface area contributed by atoms with E-state index in [1.807, 2.05) is 6.07 Å². The maximum atomic E-state index is 5.34. The lowest BCUT2D eigenvalue weighted by molar-refractivity contribution is 0.354. The third-order valence-electron chi connectivity index (χ3n) is 4.41. The van der Waals surface area contributed by atoms with E-state index in [4.69, 9.17) is 9.47 Å². The SMILES string of the molecule is CCC1CCC(NCCc2ccc(OC)c(OC)c2)C1. The summed E-state index contributed by atoms with van der Waals surface area (Å²) in [5, 5.41) is 3.69. The van der Waals surface area contributed by atoms with Gasteiger partial charge in [-0.25, -0.2) is 0 Å². The van der Waals surface area contributed by atoms with Crippen molar-refractivity contribution in [2.24, 2.45) is 5.92 Å². The topological polar surface area (TPSA) is 30.5 Å². The first-order chi connectivity index (χ1) is 9.76. The molecule has 1 aromatic carbocycles. The number of rotatable bonds is 7. The largest absolute Gasteiger partial charge is 0.493 e. The first kappa shape index (κ1) is 15.2. The quantitative estimate of drug-likeness (QED) is 0.828. The molecule has 0 radical (unpaired) electrons. The van der Waals surface area contributed by atoms with Crippen LogP contribution in [0.4, 0.5) is 0 Å². The summed E-state index contributed by atoms with van der Waals surface area (Å²) < 4.78 is 10.6. The molecule has 0 bridgehead atoms. The molecule has 0 aromatic heterocycles. The smallest absolute Gasteiger partial charge is 0.160 e. The third kappa shape index (κ3) is 3.89.